The fourth-order valence-electron chi connectivity index (χ4n) is 1.95. The minimum Gasteiger partial charge on any atom is -0.478 e. The molecule has 0 radical (unpaired) electrons. The molecule has 0 aliphatic heterocycles. The van der Waals surface area contributed by atoms with E-state index in [0.29, 0.717) is 0 Å². The van der Waals surface area contributed by atoms with Crippen molar-refractivity contribution >= 4 is 22.9 Å². The van der Waals surface area contributed by atoms with Gasteiger partial charge < -0.3 is 5.11 Å². The van der Waals surface area contributed by atoms with E-state index in [1.165, 1.54) is 11.1 Å². The summed E-state index contributed by atoms with van der Waals surface area (Å²) in [6.45, 7) is 6.00. The van der Waals surface area contributed by atoms with Crippen LogP contribution in [0.25, 0.3) is 17.0 Å². The molecule has 2 aromatic rings. The van der Waals surface area contributed by atoms with Gasteiger partial charge in [0, 0.05) is 17.2 Å². The molecule has 3 heteroatoms. The Bertz CT molecular complexity index is 657. The zero-order valence-corrected chi connectivity index (χ0v) is 10.7. The van der Waals surface area contributed by atoms with Crippen LogP contribution in [0.2, 0.25) is 0 Å². The number of hydrogen-bond donors (Lipinski definition) is 1. The van der Waals surface area contributed by atoms with E-state index in [2.05, 4.69) is 11.1 Å². The summed E-state index contributed by atoms with van der Waals surface area (Å²) in [6.07, 6.45) is 2.78. The molecule has 1 N–H and O–H groups in total. The quantitative estimate of drug-likeness (QED) is 0.821. The lowest BCUT2D eigenvalue weighted by Gasteiger charge is -2.07. The average Bonchev–Trinajstić information content (AvgIpc) is 2.28. The molecule has 0 atom stereocenters. The first-order chi connectivity index (χ1) is 8.47. The summed E-state index contributed by atoms with van der Waals surface area (Å²) >= 11 is 0. The topological polar surface area (TPSA) is 50.2 Å². The van der Waals surface area contributed by atoms with Crippen LogP contribution in [0.4, 0.5) is 0 Å². The number of aliphatic carboxylic acids is 1. The molecule has 18 heavy (non-hydrogen) atoms. The maximum Gasteiger partial charge on any atom is 0.328 e. The van der Waals surface area contributed by atoms with E-state index in [1.807, 2.05) is 32.9 Å². The molecule has 0 aliphatic rings. The molecule has 0 bridgehead atoms. The number of rotatable bonds is 2. The Morgan fingerprint density at radius 1 is 1.17 bits per heavy atom. The number of benzene rings is 1. The summed E-state index contributed by atoms with van der Waals surface area (Å²) in [7, 11) is 0. The zero-order valence-electron chi connectivity index (χ0n) is 10.7. The average molecular weight is 241 g/mol. The molecule has 0 saturated heterocycles. The van der Waals surface area contributed by atoms with Gasteiger partial charge in [-0.3, -0.25) is 4.98 Å². The van der Waals surface area contributed by atoms with Gasteiger partial charge in [-0.15, -0.1) is 0 Å². The van der Waals surface area contributed by atoms with Crippen LogP contribution in [0, 0.1) is 20.8 Å². The van der Waals surface area contributed by atoms with Gasteiger partial charge in [0.2, 0.25) is 0 Å². The number of aromatic nitrogens is 1. The van der Waals surface area contributed by atoms with Crippen molar-refractivity contribution in [3.8, 4) is 0 Å². The molecule has 0 fully saturated rings. The number of carboxylic acids is 1. The molecule has 92 valence electrons. The second kappa shape index (κ2) is 4.61. The van der Waals surface area contributed by atoms with Crippen LogP contribution in [0.15, 0.2) is 24.3 Å². The van der Waals surface area contributed by atoms with Crippen molar-refractivity contribution in [3.05, 3.63) is 46.7 Å². The molecule has 1 aromatic carbocycles. The third kappa shape index (κ3) is 2.40. The first-order valence-electron chi connectivity index (χ1n) is 5.77. The van der Waals surface area contributed by atoms with E-state index in [4.69, 9.17) is 5.11 Å². The van der Waals surface area contributed by atoms with Crippen molar-refractivity contribution in [1.29, 1.82) is 0 Å². The zero-order chi connectivity index (χ0) is 13.3. The smallest absolute Gasteiger partial charge is 0.328 e. The Balaban J connectivity index is 2.71. The maximum atomic E-state index is 10.6. The van der Waals surface area contributed by atoms with Gasteiger partial charge in [-0.05, 0) is 61.7 Å². The fourth-order valence-corrected chi connectivity index (χ4v) is 1.95. The van der Waals surface area contributed by atoms with Gasteiger partial charge in [0.1, 0.15) is 0 Å². The van der Waals surface area contributed by atoms with Crippen molar-refractivity contribution in [3.63, 3.8) is 0 Å². The van der Waals surface area contributed by atoms with Crippen LogP contribution in [0.1, 0.15) is 22.4 Å². The van der Waals surface area contributed by atoms with Gasteiger partial charge in [-0.1, -0.05) is 0 Å². The molecule has 1 heterocycles. The Kier molecular flexibility index (Phi) is 3.15. The molecule has 1 aromatic heterocycles. The fraction of sp³-hybridized carbons (Fsp3) is 0.200. The lowest BCUT2D eigenvalue weighted by molar-refractivity contribution is -0.131. The first-order valence-corrected chi connectivity index (χ1v) is 5.77. The van der Waals surface area contributed by atoms with Crippen LogP contribution in [-0.2, 0) is 4.79 Å². The maximum absolute atomic E-state index is 10.6. The van der Waals surface area contributed by atoms with Gasteiger partial charge in [0.05, 0.1) is 5.52 Å². The molecule has 3 nitrogen and oxygen atoms in total. The SMILES string of the molecule is Cc1cc(/C=C/C(=O)O)c2cc(C)c(C)cc2n1. The second-order valence-corrected chi connectivity index (χ2v) is 4.48. The number of nitrogens with zero attached hydrogens (tertiary/aromatic N) is 1. The summed E-state index contributed by atoms with van der Waals surface area (Å²) in [5.41, 5.74) is 5.05. The van der Waals surface area contributed by atoms with E-state index in [-0.39, 0.29) is 0 Å². The van der Waals surface area contributed by atoms with E-state index in [9.17, 15) is 4.79 Å². The van der Waals surface area contributed by atoms with E-state index < -0.39 is 5.97 Å². The van der Waals surface area contributed by atoms with Crippen molar-refractivity contribution in [2.24, 2.45) is 0 Å². The summed E-state index contributed by atoms with van der Waals surface area (Å²) in [4.78, 5) is 15.1. The standard InChI is InChI=1S/C15H15NO2/c1-9-6-13-12(4-5-15(17)18)8-11(3)16-14(13)7-10(9)2/h4-8H,1-3H3,(H,17,18)/b5-4+. The van der Waals surface area contributed by atoms with Gasteiger partial charge in [0.25, 0.3) is 0 Å². The molecule has 0 saturated carbocycles. The number of aryl methyl sites for hydroxylation is 3. The summed E-state index contributed by atoms with van der Waals surface area (Å²) in [6, 6.07) is 5.99. The van der Waals surface area contributed by atoms with Crippen LogP contribution < -0.4 is 0 Å². The monoisotopic (exact) mass is 241 g/mol. The molecule has 0 amide bonds. The highest BCUT2D eigenvalue weighted by Gasteiger charge is 2.04. The predicted molar refractivity (Wildman–Crippen MR) is 72.6 cm³/mol. The van der Waals surface area contributed by atoms with Crippen LogP contribution >= 0.6 is 0 Å². The minimum absolute atomic E-state index is 0.885. The largest absolute Gasteiger partial charge is 0.478 e. The highest BCUT2D eigenvalue weighted by atomic mass is 16.4. The molecular formula is C15H15NO2. The third-order valence-electron chi connectivity index (χ3n) is 2.99. The Labute approximate surface area is 106 Å². The van der Waals surface area contributed by atoms with E-state index >= 15 is 0 Å². The summed E-state index contributed by atoms with van der Waals surface area (Å²) in [5, 5.41) is 9.70. The first kappa shape index (κ1) is 12.3. The molecule has 0 aliphatic carbocycles. The number of carbonyl (C=O) groups is 1. The Morgan fingerprint density at radius 3 is 2.50 bits per heavy atom. The van der Waals surface area contributed by atoms with Crippen molar-refractivity contribution in [2.75, 3.05) is 0 Å². The van der Waals surface area contributed by atoms with Gasteiger partial charge >= 0.3 is 5.97 Å². The lowest BCUT2D eigenvalue weighted by atomic mass is 10.0. The van der Waals surface area contributed by atoms with Crippen LogP contribution in [0.5, 0.6) is 0 Å². The Hall–Kier alpha value is -2.16. The molecule has 2 rings (SSSR count). The molecule has 0 spiro atoms. The van der Waals surface area contributed by atoms with Crippen LogP contribution in [0.3, 0.4) is 0 Å². The highest BCUT2D eigenvalue weighted by molar-refractivity contribution is 5.93. The molecule has 0 unspecified atom stereocenters. The second-order valence-electron chi connectivity index (χ2n) is 4.48. The minimum atomic E-state index is -0.943. The van der Waals surface area contributed by atoms with Crippen molar-refractivity contribution < 1.29 is 9.90 Å². The number of hydrogen-bond acceptors (Lipinski definition) is 2. The Morgan fingerprint density at radius 2 is 1.83 bits per heavy atom. The van der Waals surface area contributed by atoms with Crippen molar-refractivity contribution in [1.82, 2.24) is 4.98 Å². The van der Waals surface area contributed by atoms with E-state index in [0.717, 1.165) is 28.2 Å². The van der Waals surface area contributed by atoms with Gasteiger partial charge in [-0.25, -0.2) is 4.79 Å². The summed E-state index contributed by atoms with van der Waals surface area (Å²) in [5.74, 6) is -0.943. The summed E-state index contributed by atoms with van der Waals surface area (Å²) < 4.78 is 0. The molecular weight excluding hydrogens is 226 g/mol. The normalized spacial score (nSPS) is 11.3. The van der Waals surface area contributed by atoms with Gasteiger partial charge in [-0.2, -0.15) is 0 Å². The van der Waals surface area contributed by atoms with E-state index in [1.54, 1.807) is 6.08 Å². The highest BCUT2D eigenvalue weighted by Crippen LogP contribution is 2.23. The number of carboxylic acid groups (broad SMARTS) is 1. The van der Waals surface area contributed by atoms with Crippen molar-refractivity contribution in [2.45, 2.75) is 20.8 Å². The van der Waals surface area contributed by atoms with Crippen LogP contribution in [-0.4, -0.2) is 16.1 Å². The third-order valence-corrected chi connectivity index (χ3v) is 2.99. The number of fused-ring (bicyclic) bond motifs is 1. The predicted octanol–water partition coefficient (Wildman–Crippen LogP) is 3.26. The van der Waals surface area contributed by atoms with Gasteiger partial charge in [0.15, 0.2) is 0 Å². The number of pyridine rings is 1. The lowest BCUT2D eigenvalue weighted by Crippen LogP contribution is -1.92.